The van der Waals surface area contributed by atoms with Crippen LogP contribution in [0.4, 0.5) is 0 Å². The van der Waals surface area contributed by atoms with Gasteiger partial charge in [0.15, 0.2) is 0 Å². The van der Waals surface area contributed by atoms with Crippen molar-refractivity contribution in [3.63, 3.8) is 0 Å². The SMILES string of the molecule is CCCCCCC(CCCC)CCC(=O)CCCCCCCCC(C)CCCCCCCCC(=O)CCC(CCCC)CCCCCC. The van der Waals surface area contributed by atoms with E-state index in [9.17, 15) is 9.59 Å². The Bertz CT molecular complexity index is 613. The summed E-state index contributed by atoms with van der Waals surface area (Å²) in [6.07, 6.45) is 45.3. The quantitative estimate of drug-likeness (QED) is 0.0606. The third-order valence-electron chi connectivity index (χ3n) is 11.3. The molecule has 0 radical (unpaired) electrons. The van der Waals surface area contributed by atoms with Gasteiger partial charge in [-0.2, -0.15) is 0 Å². The van der Waals surface area contributed by atoms with E-state index in [0.717, 1.165) is 69.1 Å². The summed E-state index contributed by atoms with van der Waals surface area (Å²) in [5.41, 5.74) is 0. The zero-order valence-corrected chi connectivity index (χ0v) is 34.0. The maximum atomic E-state index is 12.5. The maximum absolute atomic E-state index is 12.5. The average molecular weight is 675 g/mol. The first-order valence-electron chi connectivity index (χ1n) is 22.5. The second kappa shape index (κ2) is 37.6. The second-order valence-electron chi connectivity index (χ2n) is 16.3. The number of hydrogen-bond donors (Lipinski definition) is 0. The maximum Gasteiger partial charge on any atom is 0.132 e. The number of hydrogen-bond acceptors (Lipinski definition) is 2. The molecular formula is C46H90O2. The summed E-state index contributed by atoms with van der Waals surface area (Å²) in [6.45, 7) is 11.6. The molecule has 2 heteroatoms. The molecule has 0 fully saturated rings. The summed E-state index contributed by atoms with van der Waals surface area (Å²) in [4.78, 5) is 25.0. The third-order valence-corrected chi connectivity index (χ3v) is 11.3. The Balaban J connectivity index is 3.66. The first-order chi connectivity index (χ1) is 23.5. The van der Waals surface area contributed by atoms with Gasteiger partial charge in [0.25, 0.3) is 0 Å². The molecule has 2 unspecified atom stereocenters. The zero-order chi connectivity index (χ0) is 35.3. The molecule has 0 aliphatic carbocycles. The number of rotatable bonds is 40. The third kappa shape index (κ3) is 33.8. The molecule has 2 atom stereocenters. The van der Waals surface area contributed by atoms with Crippen LogP contribution in [-0.2, 0) is 9.59 Å². The summed E-state index contributed by atoms with van der Waals surface area (Å²) in [5.74, 6) is 3.49. The van der Waals surface area contributed by atoms with Gasteiger partial charge in [-0.3, -0.25) is 9.59 Å². The van der Waals surface area contributed by atoms with Gasteiger partial charge in [0.1, 0.15) is 11.6 Å². The molecule has 0 aromatic heterocycles. The fourth-order valence-corrected chi connectivity index (χ4v) is 7.74. The largest absolute Gasteiger partial charge is 0.300 e. The molecule has 0 aliphatic heterocycles. The van der Waals surface area contributed by atoms with E-state index in [1.165, 1.54) is 180 Å². The molecule has 0 aliphatic rings. The fraction of sp³-hybridized carbons (Fsp3) is 0.957. The first kappa shape index (κ1) is 47.3. The van der Waals surface area contributed by atoms with E-state index in [1.807, 2.05) is 0 Å². The molecule has 0 rings (SSSR count). The van der Waals surface area contributed by atoms with Crippen molar-refractivity contribution in [1.82, 2.24) is 0 Å². The van der Waals surface area contributed by atoms with Crippen molar-refractivity contribution < 1.29 is 9.59 Å². The van der Waals surface area contributed by atoms with Gasteiger partial charge in [0.2, 0.25) is 0 Å². The van der Waals surface area contributed by atoms with Crippen LogP contribution in [0.2, 0.25) is 0 Å². The number of unbranched alkanes of at least 4 members (excludes halogenated alkanes) is 18. The lowest BCUT2D eigenvalue weighted by atomic mass is 9.89. The lowest BCUT2D eigenvalue weighted by molar-refractivity contribution is -0.120. The van der Waals surface area contributed by atoms with E-state index in [-0.39, 0.29) is 0 Å². The topological polar surface area (TPSA) is 34.1 Å². The summed E-state index contributed by atoms with van der Waals surface area (Å²) in [6, 6.07) is 0. The van der Waals surface area contributed by atoms with Crippen LogP contribution in [-0.4, -0.2) is 11.6 Å². The van der Waals surface area contributed by atoms with Crippen molar-refractivity contribution in [3.05, 3.63) is 0 Å². The predicted octanol–water partition coefficient (Wildman–Crippen LogP) is 16.1. The summed E-state index contributed by atoms with van der Waals surface area (Å²) in [7, 11) is 0. The van der Waals surface area contributed by atoms with Crippen molar-refractivity contribution in [2.75, 3.05) is 0 Å². The van der Waals surface area contributed by atoms with Gasteiger partial charge >= 0.3 is 0 Å². The molecule has 0 heterocycles. The van der Waals surface area contributed by atoms with Gasteiger partial charge in [0.05, 0.1) is 0 Å². The second-order valence-corrected chi connectivity index (χ2v) is 16.3. The lowest BCUT2D eigenvalue weighted by Gasteiger charge is -2.16. The molecule has 286 valence electrons. The minimum atomic E-state index is 0.527. The molecule has 0 spiro atoms. The van der Waals surface area contributed by atoms with Crippen LogP contribution in [0.5, 0.6) is 0 Å². The molecule has 0 aromatic rings. The zero-order valence-electron chi connectivity index (χ0n) is 34.0. The summed E-state index contributed by atoms with van der Waals surface area (Å²) < 4.78 is 0. The Labute approximate surface area is 303 Å². The smallest absolute Gasteiger partial charge is 0.132 e. The lowest BCUT2D eigenvalue weighted by Crippen LogP contribution is -2.06. The van der Waals surface area contributed by atoms with Crippen LogP contribution in [0.3, 0.4) is 0 Å². The van der Waals surface area contributed by atoms with Gasteiger partial charge in [-0.15, -0.1) is 0 Å². The highest BCUT2D eigenvalue weighted by molar-refractivity contribution is 5.78. The summed E-state index contributed by atoms with van der Waals surface area (Å²) in [5, 5.41) is 0. The molecule has 0 saturated carbocycles. The van der Waals surface area contributed by atoms with Gasteiger partial charge in [-0.05, 0) is 43.4 Å². The molecule has 0 amide bonds. The predicted molar refractivity (Wildman–Crippen MR) is 215 cm³/mol. The highest BCUT2D eigenvalue weighted by atomic mass is 16.1. The Morgan fingerprint density at radius 3 is 0.979 bits per heavy atom. The van der Waals surface area contributed by atoms with Crippen molar-refractivity contribution >= 4 is 11.6 Å². The minimum absolute atomic E-state index is 0.527. The van der Waals surface area contributed by atoms with E-state index in [2.05, 4.69) is 34.6 Å². The van der Waals surface area contributed by atoms with Crippen LogP contribution in [0.15, 0.2) is 0 Å². The van der Waals surface area contributed by atoms with Gasteiger partial charge < -0.3 is 0 Å². The molecular weight excluding hydrogens is 585 g/mol. The Kier molecular flexibility index (Phi) is 37.1. The molecule has 2 nitrogen and oxygen atoms in total. The molecule has 0 bridgehead atoms. The van der Waals surface area contributed by atoms with Crippen molar-refractivity contribution in [2.24, 2.45) is 17.8 Å². The van der Waals surface area contributed by atoms with Gasteiger partial charge in [-0.1, -0.05) is 214 Å². The van der Waals surface area contributed by atoms with Crippen molar-refractivity contribution in [3.8, 4) is 0 Å². The fourth-order valence-electron chi connectivity index (χ4n) is 7.74. The first-order valence-corrected chi connectivity index (χ1v) is 22.5. The standard InChI is InChI=1S/C46H90O2/c1-6-10-14-26-34-43(32-12-8-3)38-40-45(47)36-28-22-18-16-20-24-30-42(5)31-25-21-17-19-23-29-37-46(48)41-39-44(33-13-9-4)35-27-15-11-7-2/h42-44H,6-41H2,1-5H3. The minimum Gasteiger partial charge on any atom is -0.300 e. The normalized spacial score (nSPS) is 13.5. The Morgan fingerprint density at radius 2 is 0.604 bits per heavy atom. The number of Topliss-reactive ketones (excluding diaryl/α,β-unsaturated/α-hetero) is 2. The van der Waals surface area contributed by atoms with Gasteiger partial charge in [-0.25, -0.2) is 0 Å². The monoisotopic (exact) mass is 675 g/mol. The van der Waals surface area contributed by atoms with E-state index in [1.54, 1.807) is 0 Å². The van der Waals surface area contributed by atoms with Crippen LogP contribution in [0.1, 0.15) is 266 Å². The highest BCUT2D eigenvalue weighted by Crippen LogP contribution is 2.25. The van der Waals surface area contributed by atoms with E-state index in [4.69, 9.17) is 0 Å². The molecule has 0 saturated heterocycles. The van der Waals surface area contributed by atoms with E-state index in [0.29, 0.717) is 11.6 Å². The summed E-state index contributed by atoms with van der Waals surface area (Å²) >= 11 is 0. The molecule has 48 heavy (non-hydrogen) atoms. The Hall–Kier alpha value is -0.660. The van der Waals surface area contributed by atoms with Crippen molar-refractivity contribution in [1.29, 1.82) is 0 Å². The number of carbonyl (C=O) groups excluding carboxylic acids is 2. The van der Waals surface area contributed by atoms with Crippen LogP contribution < -0.4 is 0 Å². The number of ketones is 2. The molecule has 0 N–H and O–H groups in total. The van der Waals surface area contributed by atoms with Crippen molar-refractivity contribution in [2.45, 2.75) is 266 Å². The highest BCUT2D eigenvalue weighted by Gasteiger charge is 2.13. The van der Waals surface area contributed by atoms with Crippen LogP contribution >= 0.6 is 0 Å². The number of carbonyl (C=O) groups is 2. The van der Waals surface area contributed by atoms with Crippen LogP contribution in [0, 0.1) is 17.8 Å². The Morgan fingerprint density at radius 1 is 0.312 bits per heavy atom. The molecule has 0 aromatic carbocycles. The van der Waals surface area contributed by atoms with Crippen LogP contribution in [0.25, 0.3) is 0 Å². The van der Waals surface area contributed by atoms with Gasteiger partial charge in [0, 0.05) is 25.7 Å². The van der Waals surface area contributed by atoms with E-state index >= 15 is 0 Å². The average Bonchev–Trinajstić information content (AvgIpc) is 3.08. The van der Waals surface area contributed by atoms with E-state index < -0.39 is 0 Å².